The molecule has 4 nitrogen and oxygen atoms in total. The summed E-state index contributed by atoms with van der Waals surface area (Å²) < 4.78 is 0. The highest BCUT2D eigenvalue weighted by Gasteiger charge is 2.18. The Morgan fingerprint density at radius 3 is 2.67 bits per heavy atom. The van der Waals surface area contributed by atoms with Crippen LogP contribution in [0.15, 0.2) is 6.20 Å². The molecule has 18 heavy (non-hydrogen) atoms. The zero-order valence-electron chi connectivity index (χ0n) is 10.9. The van der Waals surface area contributed by atoms with Gasteiger partial charge in [-0.15, -0.1) is 36.2 Å². The number of carbonyl (C=O) groups excluding carboxylic acids is 1. The highest BCUT2D eigenvalue weighted by Crippen LogP contribution is 2.16. The number of hydrogen-bond donors (Lipinski definition) is 1. The molecule has 1 unspecified atom stereocenters. The molecule has 0 spiro atoms. The fraction of sp³-hybridized carbons (Fsp3) is 0.636. The number of aryl methyl sites for hydroxylation is 1. The third kappa shape index (κ3) is 5.10. The van der Waals surface area contributed by atoms with Gasteiger partial charge in [0.25, 0.3) is 5.91 Å². The van der Waals surface area contributed by atoms with Gasteiger partial charge in [-0.25, -0.2) is 4.98 Å². The van der Waals surface area contributed by atoms with Crippen LogP contribution in [0.4, 0.5) is 0 Å². The molecular weight excluding hydrogens is 293 g/mol. The Morgan fingerprint density at radius 1 is 1.56 bits per heavy atom. The first kappa shape index (κ1) is 20.0. The van der Waals surface area contributed by atoms with E-state index in [1.54, 1.807) is 18.1 Å². The maximum absolute atomic E-state index is 12.0. The lowest BCUT2D eigenvalue weighted by atomic mass is 10.3. The van der Waals surface area contributed by atoms with Gasteiger partial charge in [-0.05, 0) is 19.8 Å². The van der Waals surface area contributed by atoms with E-state index in [2.05, 4.69) is 11.9 Å². The number of rotatable bonds is 5. The van der Waals surface area contributed by atoms with Crippen LogP contribution in [0.25, 0.3) is 0 Å². The molecule has 0 aliphatic heterocycles. The lowest BCUT2D eigenvalue weighted by Gasteiger charge is -2.22. The molecule has 0 bridgehead atoms. The number of carbonyl (C=O) groups is 1. The molecule has 0 aliphatic rings. The minimum Gasteiger partial charge on any atom is -0.337 e. The van der Waals surface area contributed by atoms with E-state index in [1.807, 2.05) is 6.92 Å². The molecule has 2 N–H and O–H groups in total. The van der Waals surface area contributed by atoms with Gasteiger partial charge in [0.05, 0.1) is 11.2 Å². The molecular formula is C11H21Cl2N3OS. The molecule has 0 fully saturated rings. The van der Waals surface area contributed by atoms with E-state index >= 15 is 0 Å². The summed E-state index contributed by atoms with van der Waals surface area (Å²) >= 11 is 1.48. The highest BCUT2D eigenvalue weighted by molar-refractivity contribution is 7.13. The first-order chi connectivity index (χ1) is 7.60. The summed E-state index contributed by atoms with van der Waals surface area (Å²) in [7, 11) is 1.78. The second-order valence-electron chi connectivity index (χ2n) is 3.87. The molecule has 1 aromatic rings. The standard InChI is InChI=1S/C11H19N3OS.2ClH/c1-4-5-10-13-7-9(16-10)11(15)14(3)8(2)6-12;;/h7-8H,4-6,12H2,1-3H3;2*1H. The van der Waals surface area contributed by atoms with E-state index in [4.69, 9.17) is 5.73 Å². The maximum Gasteiger partial charge on any atom is 0.265 e. The van der Waals surface area contributed by atoms with Gasteiger partial charge in [0, 0.05) is 19.6 Å². The van der Waals surface area contributed by atoms with E-state index in [0.29, 0.717) is 11.4 Å². The molecule has 0 saturated carbocycles. The van der Waals surface area contributed by atoms with Crippen LogP contribution in [-0.2, 0) is 6.42 Å². The second-order valence-corrected chi connectivity index (χ2v) is 4.98. The smallest absolute Gasteiger partial charge is 0.265 e. The first-order valence-electron chi connectivity index (χ1n) is 5.52. The van der Waals surface area contributed by atoms with Gasteiger partial charge in [-0.2, -0.15) is 0 Å². The quantitative estimate of drug-likeness (QED) is 0.907. The Hall–Kier alpha value is -0.360. The minimum atomic E-state index is 0. The van der Waals surface area contributed by atoms with Crippen LogP contribution in [0.5, 0.6) is 0 Å². The van der Waals surface area contributed by atoms with Crippen molar-refractivity contribution in [3.63, 3.8) is 0 Å². The van der Waals surface area contributed by atoms with Gasteiger partial charge >= 0.3 is 0 Å². The third-order valence-electron chi connectivity index (χ3n) is 2.55. The summed E-state index contributed by atoms with van der Waals surface area (Å²) in [5.41, 5.74) is 5.54. The second kappa shape index (κ2) is 9.55. The highest BCUT2D eigenvalue weighted by atomic mass is 35.5. The molecule has 0 saturated heterocycles. The Kier molecular flexibility index (Phi) is 10.6. The number of thiazole rings is 1. The summed E-state index contributed by atoms with van der Waals surface area (Å²) in [5.74, 6) is 0.0119. The summed E-state index contributed by atoms with van der Waals surface area (Å²) in [6, 6.07) is 0.0595. The molecule has 1 rings (SSSR count). The van der Waals surface area contributed by atoms with Crippen LogP contribution in [0, 0.1) is 0 Å². The van der Waals surface area contributed by atoms with Crippen molar-refractivity contribution in [3.8, 4) is 0 Å². The van der Waals surface area contributed by atoms with Crippen molar-refractivity contribution in [2.75, 3.05) is 13.6 Å². The first-order valence-corrected chi connectivity index (χ1v) is 6.33. The maximum atomic E-state index is 12.0. The van der Waals surface area contributed by atoms with Crippen LogP contribution < -0.4 is 5.73 Å². The number of halogens is 2. The molecule has 106 valence electrons. The number of nitrogens with zero attached hydrogens (tertiary/aromatic N) is 2. The molecule has 0 radical (unpaired) electrons. The average Bonchev–Trinajstić information content (AvgIpc) is 2.75. The van der Waals surface area contributed by atoms with Crippen molar-refractivity contribution >= 4 is 42.1 Å². The van der Waals surface area contributed by atoms with E-state index in [-0.39, 0.29) is 36.8 Å². The van der Waals surface area contributed by atoms with Crippen LogP contribution in [-0.4, -0.2) is 35.4 Å². The van der Waals surface area contributed by atoms with Crippen molar-refractivity contribution in [2.45, 2.75) is 32.7 Å². The fourth-order valence-corrected chi connectivity index (χ4v) is 2.27. The Labute approximate surface area is 125 Å². The summed E-state index contributed by atoms with van der Waals surface area (Å²) in [4.78, 5) is 18.6. The lowest BCUT2D eigenvalue weighted by Crippen LogP contribution is -2.39. The molecule has 1 atom stereocenters. The van der Waals surface area contributed by atoms with Crippen molar-refractivity contribution in [1.82, 2.24) is 9.88 Å². The van der Waals surface area contributed by atoms with Gasteiger partial charge in [-0.1, -0.05) is 6.92 Å². The van der Waals surface area contributed by atoms with Crippen molar-refractivity contribution in [1.29, 1.82) is 0 Å². The molecule has 1 amide bonds. The van der Waals surface area contributed by atoms with Gasteiger partial charge in [0.1, 0.15) is 4.88 Å². The topological polar surface area (TPSA) is 59.2 Å². The molecule has 1 heterocycles. The normalized spacial score (nSPS) is 11.1. The number of hydrogen-bond acceptors (Lipinski definition) is 4. The molecule has 1 aromatic heterocycles. The van der Waals surface area contributed by atoms with Gasteiger partial charge in [0.2, 0.25) is 0 Å². The Bertz CT molecular complexity index is 360. The van der Waals surface area contributed by atoms with E-state index in [0.717, 1.165) is 17.8 Å². The van der Waals surface area contributed by atoms with Crippen molar-refractivity contribution < 1.29 is 4.79 Å². The van der Waals surface area contributed by atoms with Crippen LogP contribution in [0.3, 0.4) is 0 Å². The monoisotopic (exact) mass is 313 g/mol. The van der Waals surface area contributed by atoms with Crippen molar-refractivity contribution in [3.05, 3.63) is 16.1 Å². The molecule has 0 aliphatic carbocycles. The fourth-order valence-electron chi connectivity index (χ4n) is 1.27. The molecule has 7 heteroatoms. The summed E-state index contributed by atoms with van der Waals surface area (Å²) in [6.07, 6.45) is 3.65. The van der Waals surface area contributed by atoms with Crippen LogP contribution in [0.1, 0.15) is 34.9 Å². The van der Waals surface area contributed by atoms with Crippen molar-refractivity contribution in [2.24, 2.45) is 5.73 Å². The third-order valence-corrected chi connectivity index (χ3v) is 3.60. The summed E-state index contributed by atoms with van der Waals surface area (Å²) in [5, 5.41) is 1.03. The summed E-state index contributed by atoms with van der Waals surface area (Å²) in [6.45, 7) is 4.51. The van der Waals surface area contributed by atoms with Gasteiger partial charge < -0.3 is 10.6 Å². The van der Waals surface area contributed by atoms with E-state index in [1.165, 1.54) is 11.3 Å². The van der Waals surface area contributed by atoms with Crippen LogP contribution >= 0.6 is 36.2 Å². The number of aromatic nitrogens is 1. The average molecular weight is 314 g/mol. The Morgan fingerprint density at radius 2 is 2.17 bits per heavy atom. The van der Waals surface area contributed by atoms with Gasteiger partial charge in [0.15, 0.2) is 0 Å². The van der Waals surface area contributed by atoms with Crippen LogP contribution in [0.2, 0.25) is 0 Å². The van der Waals surface area contributed by atoms with Gasteiger partial charge in [-0.3, -0.25) is 4.79 Å². The zero-order valence-corrected chi connectivity index (χ0v) is 13.3. The minimum absolute atomic E-state index is 0. The Balaban J connectivity index is 0. The number of likely N-dealkylation sites (N-methyl/N-ethyl adjacent to an activating group) is 1. The predicted molar refractivity (Wildman–Crippen MR) is 81.2 cm³/mol. The van der Waals surface area contributed by atoms with E-state index < -0.39 is 0 Å². The number of amides is 1. The SMILES string of the molecule is CCCc1ncc(C(=O)N(C)C(C)CN)s1.Cl.Cl. The predicted octanol–water partition coefficient (Wildman–Crippen LogP) is 2.36. The number of nitrogens with two attached hydrogens (primary N) is 1. The van der Waals surface area contributed by atoms with E-state index in [9.17, 15) is 4.79 Å². The lowest BCUT2D eigenvalue weighted by molar-refractivity contribution is 0.0753. The molecule has 0 aromatic carbocycles. The largest absolute Gasteiger partial charge is 0.337 e. The zero-order chi connectivity index (χ0) is 12.1.